The number of likely N-dealkylation sites (tertiary alicyclic amines) is 1. The van der Waals surface area contributed by atoms with E-state index in [1.54, 1.807) is 6.20 Å². The third-order valence-electron chi connectivity index (χ3n) is 4.91. The smallest absolute Gasteiger partial charge is 0.251 e. The lowest BCUT2D eigenvalue weighted by Gasteiger charge is -2.40. The third kappa shape index (κ3) is 2.82. The largest absolute Gasteiger partial charge is 0.368 e. The fourth-order valence-electron chi connectivity index (χ4n) is 3.48. The first-order chi connectivity index (χ1) is 11.7. The van der Waals surface area contributed by atoms with Gasteiger partial charge >= 0.3 is 0 Å². The molecule has 1 amide bonds. The van der Waals surface area contributed by atoms with Crippen molar-refractivity contribution in [3.8, 4) is 0 Å². The van der Waals surface area contributed by atoms with Crippen LogP contribution in [0.1, 0.15) is 35.8 Å². The van der Waals surface area contributed by atoms with Gasteiger partial charge in [-0.25, -0.2) is 4.98 Å². The SMILES string of the molecule is Cc1cnc(C2CN(C(=O)C3CCCO3)C2)n1Cc1cccnc1. The molecule has 2 aliphatic rings. The molecule has 2 aliphatic heterocycles. The van der Waals surface area contributed by atoms with Crippen molar-refractivity contribution in [3.05, 3.63) is 47.8 Å². The molecule has 2 aromatic rings. The topological polar surface area (TPSA) is 60.3 Å². The van der Waals surface area contributed by atoms with Crippen molar-refractivity contribution in [2.75, 3.05) is 19.7 Å². The van der Waals surface area contributed by atoms with Crippen molar-refractivity contribution in [3.63, 3.8) is 0 Å². The molecule has 0 saturated carbocycles. The zero-order valence-electron chi connectivity index (χ0n) is 13.9. The zero-order chi connectivity index (χ0) is 16.5. The van der Waals surface area contributed by atoms with Crippen LogP contribution in [0, 0.1) is 6.92 Å². The van der Waals surface area contributed by atoms with E-state index in [0.717, 1.165) is 49.6 Å². The molecule has 4 heterocycles. The van der Waals surface area contributed by atoms with Crippen molar-refractivity contribution in [1.29, 1.82) is 0 Å². The monoisotopic (exact) mass is 326 g/mol. The predicted molar refractivity (Wildman–Crippen MR) is 88.6 cm³/mol. The first-order valence-electron chi connectivity index (χ1n) is 8.53. The molecule has 2 saturated heterocycles. The maximum absolute atomic E-state index is 12.4. The molecular weight excluding hydrogens is 304 g/mol. The Kier molecular flexibility index (Phi) is 4.06. The lowest BCUT2D eigenvalue weighted by molar-refractivity contribution is -0.145. The van der Waals surface area contributed by atoms with Crippen LogP contribution in [0.5, 0.6) is 0 Å². The van der Waals surface area contributed by atoms with E-state index in [9.17, 15) is 4.79 Å². The minimum absolute atomic E-state index is 0.144. The average Bonchev–Trinajstić information content (AvgIpc) is 3.20. The zero-order valence-corrected chi connectivity index (χ0v) is 13.9. The number of aromatic nitrogens is 3. The highest BCUT2D eigenvalue weighted by molar-refractivity contribution is 5.82. The van der Waals surface area contributed by atoms with E-state index < -0.39 is 0 Å². The number of imidazole rings is 1. The van der Waals surface area contributed by atoms with Gasteiger partial charge in [0.25, 0.3) is 5.91 Å². The molecular formula is C18H22N4O2. The number of pyridine rings is 1. The van der Waals surface area contributed by atoms with Gasteiger partial charge in [0.05, 0.1) is 12.5 Å². The molecule has 6 heteroatoms. The lowest BCUT2D eigenvalue weighted by atomic mass is 9.97. The highest BCUT2D eigenvalue weighted by Gasteiger charge is 2.38. The average molecular weight is 326 g/mol. The van der Waals surface area contributed by atoms with Crippen LogP contribution in [0.15, 0.2) is 30.7 Å². The molecule has 4 rings (SSSR count). The number of hydrogen-bond acceptors (Lipinski definition) is 4. The van der Waals surface area contributed by atoms with Crippen LogP contribution < -0.4 is 0 Å². The number of nitrogens with zero attached hydrogens (tertiary/aromatic N) is 4. The fraction of sp³-hybridized carbons (Fsp3) is 0.500. The van der Waals surface area contributed by atoms with Crippen molar-refractivity contribution >= 4 is 5.91 Å². The van der Waals surface area contributed by atoms with Crippen LogP contribution in [-0.2, 0) is 16.1 Å². The fourth-order valence-corrected chi connectivity index (χ4v) is 3.48. The highest BCUT2D eigenvalue weighted by atomic mass is 16.5. The van der Waals surface area contributed by atoms with Gasteiger partial charge < -0.3 is 14.2 Å². The number of carbonyl (C=O) groups is 1. The molecule has 0 aromatic carbocycles. The molecule has 6 nitrogen and oxygen atoms in total. The Labute approximate surface area is 141 Å². The molecule has 0 N–H and O–H groups in total. The van der Waals surface area contributed by atoms with Gasteiger partial charge in [0, 0.05) is 44.0 Å². The Morgan fingerprint density at radius 1 is 1.38 bits per heavy atom. The summed E-state index contributed by atoms with van der Waals surface area (Å²) in [7, 11) is 0. The maximum atomic E-state index is 12.4. The number of aryl methyl sites for hydroxylation is 1. The summed E-state index contributed by atoms with van der Waals surface area (Å²) in [4.78, 5) is 23.0. The summed E-state index contributed by atoms with van der Waals surface area (Å²) in [6.45, 7) is 5.03. The van der Waals surface area contributed by atoms with Gasteiger partial charge in [-0.1, -0.05) is 6.07 Å². The standard InChI is InChI=1S/C18H22N4O2/c1-13-8-20-17(22(13)10-14-4-2-6-19-9-14)15-11-21(12-15)18(23)16-5-3-7-24-16/h2,4,6,8-9,15-16H,3,5,7,10-12H2,1H3. The summed E-state index contributed by atoms with van der Waals surface area (Å²) in [5, 5.41) is 0. The van der Waals surface area contributed by atoms with Crippen LogP contribution in [0.4, 0.5) is 0 Å². The summed E-state index contributed by atoms with van der Waals surface area (Å²) in [6.07, 6.45) is 7.21. The Morgan fingerprint density at radius 2 is 2.25 bits per heavy atom. The third-order valence-corrected chi connectivity index (χ3v) is 4.91. The number of rotatable bonds is 4. The van der Waals surface area contributed by atoms with Crippen molar-refractivity contribution in [1.82, 2.24) is 19.4 Å². The van der Waals surface area contributed by atoms with E-state index in [4.69, 9.17) is 4.74 Å². The van der Waals surface area contributed by atoms with Gasteiger partial charge in [-0.05, 0) is 31.4 Å². The van der Waals surface area contributed by atoms with Gasteiger partial charge in [0.1, 0.15) is 11.9 Å². The summed E-state index contributed by atoms with van der Waals surface area (Å²) in [5.74, 6) is 1.51. The summed E-state index contributed by atoms with van der Waals surface area (Å²) in [5.41, 5.74) is 2.30. The molecule has 0 spiro atoms. The number of hydrogen-bond donors (Lipinski definition) is 0. The van der Waals surface area contributed by atoms with Crippen molar-refractivity contribution in [2.24, 2.45) is 0 Å². The van der Waals surface area contributed by atoms with E-state index in [0.29, 0.717) is 12.5 Å². The molecule has 0 radical (unpaired) electrons. The van der Waals surface area contributed by atoms with Crippen molar-refractivity contribution < 1.29 is 9.53 Å². The molecule has 1 unspecified atom stereocenters. The number of amides is 1. The Hall–Kier alpha value is -2.21. The van der Waals surface area contributed by atoms with Gasteiger partial charge in [0.15, 0.2) is 0 Å². The maximum Gasteiger partial charge on any atom is 0.251 e. The second-order valence-electron chi connectivity index (χ2n) is 6.65. The second-order valence-corrected chi connectivity index (χ2v) is 6.65. The van der Waals surface area contributed by atoms with Crippen LogP contribution in [0.25, 0.3) is 0 Å². The molecule has 0 bridgehead atoms. The van der Waals surface area contributed by atoms with Crippen LogP contribution >= 0.6 is 0 Å². The van der Waals surface area contributed by atoms with Crippen molar-refractivity contribution in [2.45, 2.75) is 38.3 Å². The summed E-state index contributed by atoms with van der Waals surface area (Å²) in [6, 6.07) is 4.02. The van der Waals surface area contributed by atoms with E-state index in [-0.39, 0.29) is 12.0 Å². The highest BCUT2D eigenvalue weighted by Crippen LogP contribution is 2.29. The molecule has 2 fully saturated rings. The predicted octanol–water partition coefficient (Wildman–Crippen LogP) is 1.74. The van der Waals surface area contributed by atoms with E-state index in [2.05, 4.69) is 27.5 Å². The quantitative estimate of drug-likeness (QED) is 0.859. The van der Waals surface area contributed by atoms with Gasteiger partial charge in [-0.15, -0.1) is 0 Å². The van der Waals surface area contributed by atoms with Gasteiger partial charge in [0.2, 0.25) is 0 Å². The summed E-state index contributed by atoms with van der Waals surface area (Å²) >= 11 is 0. The summed E-state index contributed by atoms with van der Waals surface area (Å²) < 4.78 is 7.73. The second kappa shape index (κ2) is 6.36. The first kappa shape index (κ1) is 15.3. The molecule has 126 valence electrons. The lowest BCUT2D eigenvalue weighted by Crippen LogP contribution is -2.52. The number of carbonyl (C=O) groups excluding carboxylic acids is 1. The Morgan fingerprint density at radius 3 is 2.96 bits per heavy atom. The van der Waals surface area contributed by atoms with E-state index in [1.807, 2.05) is 23.4 Å². The van der Waals surface area contributed by atoms with Crippen LogP contribution in [-0.4, -0.2) is 51.1 Å². The Bertz CT molecular complexity index is 716. The van der Waals surface area contributed by atoms with E-state index >= 15 is 0 Å². The minimum atomic E-state index is -0.220. The Balaban J connectivity index is 1.44. The first-order valence-corrected chi connectivity index (χ1v) is 8.53. The molecule has 1 atom stereocenters. The minimum Gasteiger partial charge on any atom is -0.368 e. The van der Waals surface area contributed by atoms with Gasteiger partial charge in [-0.3, -0.25) is 9.78 Å². The number of ether oxygens (including phenoxy) is 1. The normalized spacial score (nSPS) is 21.0. The molecule has 24 heavy (non-hydrogen) atoms. The van der Waals surface area contributed by atoms with Gasteiger partial charge in [-0.2, -0.15) is 0 Å². The van der Waals surface area contributed by atoms with Crippen LogP contribution in [0.2, 0.25) is 0 Å². The van der Waals surface area contributed by atoms with Crippen LogP contribution in [0.3, 0.4) is 0 Å². The molecule has 2 aromatic heterocycles. The van der Waals surface area contributed by atoms with E-state index in [1.165, 1.54) is 0 Å². The molecule has 0 aliphatic carbocycles.